The fraction of sp³-hybridized carbons (Fsp3) is 0.467. The SMILES string of the molecule is O=C(Nc1nncs1)C1CCCN(C(=O)CCc2cccs2)C1. The monoisotopic (exact) mass is 350 g/mol. The highest BCUT2D eigenvalue weighted by atomic mass is 32.1. The fourth-order valence-corrected chi connectivity index (χ4v) is 3.85. The van der Waals surface area contributed by atoms with E-state index in [1.54, 1.807) is 16.8 Å². The average molecular weight is 350 g/mol. The van der Waals surface area contributed by atoms with Crippen molar-refractivity contribution >= 4 is 39.6 Å². The highest BCUT2D eigenvalue weighted by molar-refractivity contribution is 7.13. The number of aromatic nitrogens is 2. The lowest BCUT2D eigenvalue weighted by atomic mass is 9.97. The van der Waals surface area contributed by atoms with Crippen LogP contribution < -0.4 is 5.32 Å². The van der Waals surface area contributed by atoms with Crippen molar-refractivity contribution in [1.29, 1.82) is 0 Å². The zero-order valence-corrected chi connectivity index (χ0v) is 14.2. The van der Waals surface area contributed by atoms with E-state index in [4.69, 9.17) is 0 Å². The summed E-state index contributed by atoms with van der Waals surface area (Å²) in [4.78, 5) is 27.7. The van der Waals surface area contributed by atoms with E-state index in [2.05, 4.69) is 15.5 Å². The summed E-state index contributed by atoms with van der Waals surface area (Å²) in [5, 5.41) is 12.8. The Bertz CT molecular complexity index is 643. The summed E-state index contributed by atoms with van der Waals surface area (Å²) in [5.41, 5.74) is 1.58. The van der Waals surface area contributed by atoms with Crippen molar-refractivity contribution in [1.82, 2.24) is 15.1 Å². The van der Waals surface area contributed by atoms with Crippen LogP contribution in [0.2, 0.25) is 0 Å². The van der Waals surface area contributed by atoms with Crippen LogP contribution in [0.1, 0.15) is 24.1 Å². The second kappa shape index (κ2) is 7.65. The van der Waals surface area contributed by atoms with Gasteiger partial charge in [-0.05, 0) is 30.7 Å². The smallest absolute Gasteiger partial charge is 0.231 e. The van der Waals surface area contributed by atoms with Crippen molar-refractivity contribution in [2.24, 2.45) is 5.92 Å². The van der Waals surface area contributed by atoms with E-state index in [0.29, 0.717) is 18.1 Å². The maximum Gasteiger partial charge on any atom is 0.231 e. The van der Waals surface area contributed by atoms with Gasteiger partial charge >= 0.3 is 0 Å². The van der Waals surface area contributed by atoms with Crippen LogP contribution in [0.25, 0.3) is 0 Å². The van der Waals surface area contributed by atoms with Gasteiger partial charge in [-0.15, -0.1) is 21.5 Å². The van der Waals surface area contributed by atoms with Crippen LogP contribution in [0.4, 0.5) is 5.13 Å². The van der Waals surface area contributed by atoms with Crippen LogP contribution in [0.3, 0.4) is 0 Å². The predicted molar refractivity (Wildman–Crippen MR) is 90.5 cm³/mol. The predicted octanol–water partition coefficient (Wildman–Crippen LogP) is 2.41. The van der Waals surface area contributed by atoms with Crippen molar-refractivity contribution in [2.45, 2.75) is 25.7 Å². The van der Waals surface area contributed by atoms with E-state index in [1.807, 2.05) is 22.4 Å². The average Bonchev–Trinajstić information content (AvgIpc) is 3.26. The second-order valence-corrected chi connectivity index (χ2v) is 7.36. The lowest BCUT2D eigenvalue weighted by Crippen LogP contribution is -2.43. The van der Waals surface area contributed by atoms with Gasteiger partial charge in [-0.2, -0.15) is 0 Å². The number of rotatable bonds is 5. The minimum absolute atomic E-state index is 0.0718. The first-order valence-corrected chi connectivity index (χ1v) is 9.35. The highest BCUT2D eigenvalue weighted by Gasteiger charge is 2.28. The molecule has 0 aromatic carbocycles. The molecule has 2 aromatic rings. The van der Waals surface area contributed by atoms with E-state index >= 15 is 0 Å². The standard InChI is InChI=1S/C15H18N4O2S2/c20-13(6-5-12-4-2-8-22-12)19-7-1-3-11(9-19)14(21)17-15-18-16-10-23-15/h2,4,8,10-11H,1,3,5-7,9H2,(H,17,18,21). The molecule has 1 N–H and O–H groups in total. The zero-order chi connectivity index (χ0) is 16.1. The van der Waals surface area contributed by atoms with Gasteiger partial charge in [-0.1, -0.05) is 17.4 Å². The largest absolute Gasteiger partial charge is 0.342 e. The molecule has 23 heavy (non-hydrogen) atoms. The van der Waals surface area contributed by atoms with Gasteiger partial charge in [0, 0.05) is 24.4 Å². The number of thiophene rings is 1. The number of amides is 2. The molecule has 1 aliphatic rings. The summed E-state index contributed by atoms with van der Waals surface area (Å²) >= 11 is 2.97. The van der Waals surface area contributed by atoms with Crippen molar-refractivity contribution in [3.63, 3.8) is 0 Å². The molecular weight excluding hydrogens is 332 g/mol. The zero-order valence-electron chi connectivity index (χ0n) is 12.6. The van der Waals surface area contributed by atoms with Crippen LogP contribution in [0.15, 0.2) is 23.0 Å². The lowest BCUT2D eigenvalue weighted by Gasteiger charge is -2.32. The number of likely N-dealkylation sites (tertiary alicyclic amines) is 1. The summed E-state index contributed by atoms with van der Waals surface area (Å²) < 4.78 is 0. The molecule has 0 spiro atoms. The summed E-state index contributed by atoms with van der Waals surface area (Å²) in [5.74, 6) is -0.109. The molecule has 1 aliphatic heterocycles. The van der Waals surface area contributed by atoms with E-state index in [9.17, 15) is 9.59 Å². The molecule has 0 bridgehead atoms. The third-order valence-corrected chi connectivity index (χ3v) is 5.44. The van der Waals surface area contributed by atoms with Crippen molar-refractivity contribution in [3.8, 4) is 0 Å². The second-order valence-electron chi connectivity index (χ2n) is 5.49. The van der Waals surface area contributed by atoms with Gasteiger partial charge < -0.3 is 10.2 Å². The molecule has 8 heteroatoms. The molecule has 122 valence electrons. The Balaban J connectivity index is 1.50. The van der Waals surface area contributed by atoms with Crippen LogP contribution in [0.5, 0.6) is 0 Å². The first-order chi connectivity index (χ1) is 11.2. The number of hydrogen-bond acceptors (Lipinski definition) is 6. The van der Waals surface area contributed by atoms with Gasteiger partial charge in [-0.25, -0.2) is 0 Å². The molecular formula is C15H18N4O2S2. The van der Waals surface area contributed by atoms with Crippen molar-refractivity contribution in [3.05, 3.63) is 27.9 Å². The summed E-state index contributed by atoms with van der Waals surface area (Å²) in [6.07, 6.45) is 2.94. The Labute approximate surface area is 142 Å². The van der Waals surface area contributed by atoms with Gasteiger partial charge in [0.25, 0.3) is 0 Å². The number of piperidine rings is 1. The Hall–Kier alpha value is -1.80. The molecule has 3 heterocycles. The van der Waals surface area contributed by atoms with Crippen LogP contribution in [-0.2, 0) is 16.0 Å². The van der Waals surface area contributed by atoms with E-state index in [1.165, 1.54) is 16.2 Å². The van der Waals surface area contributed by atoms with Crippen molar-refractivity contribution in [2.75, 3.05) is 18.4 Å². The molecule has 1 unspecified atom stereocenters. The molecule has 2 amide bonds. The molecule has 3 rings (SSSR count). The number of hydrogen-bond donors (Lipinski definition) is 1. The molecule has 1 saturated heterocycles. The van der Waals surface area contributed by atoms with Gasteiger partial charge in [0.1, 0.15) is 5.51 Å². The molecule has 0 saturated carbocycles. The number of anilines is 1. The maximum atomic E-state index is 12.4. The highest BCUT2D eigenvalue weighted by Crippen LogP contribution is 2.20. The van der Waals surface area contributed by atoms with E-state index in [-0.39, 0.29) is 17.7 Å². The number of nitrogens with one attached hydrogen (secondary N) is 1. The number of nitrogens with zero attached hydrogens (tertiary/aromatic N) is 3. The molecule has 0 radical (unpaired) electrons. The Morgan fingerprint density at radius 2 is 2.30 bits per heavy atom. The molecule has 0 aliphatic carbocycles. The fourth-order valence-electron chi connectivity index (χ4n) is 2.70. The summed E-state index contributed by atoms with van der Waals surface area (Å²) in [7, 11) is 0. The third-order valence-electron chi connectivity index (χ3n) is 3.90. The minimum atomic E-state index is -0.168. The van der Waals surface area contributed by atoms with E-state index < -0.39 is 0 Å². The summed E-state index contributed by atoms with van der Waals surface area (Å²) in [6.45, 7) is 1.24. The third kappa shape index (κ3) is 4.35. The van der Waals surface area contributed by atoms with Crippen LogP contribution in [0, 0.1) is 5.92 Å². The van der Waals surface area contributed by atoms with E-state index in [0.717, 1.165) is 25.8 Å². The molecule has 1 fully saturated rings. The quantitative estimate of drug-likeness (QED) is 0.898. The summed E-state index contributed by atoms with van der Waals surface area (Å²) in [6, 6.07) is 4.05. The Morgan fingerprint density at radius 3 is 3.04 bits per heavy atom. The lowest BCUT2D eigenvalue weighted by molar-refractivity contribution is -0.134. The number of aryl methyl sites for hydroxylation is 1. The number of carbonyl (C=O) groups excluding carboxylic acids is 2. The molecule has 1 atom stereocenters. The number of carbonyl (C=O) groups is 2. The van der Waals surface area contributed by atoms with Gasteiger partial charge in [0.05, 0.1) is 5.92 Å². The van der Waals surface area contributed by atoms with Gasteiger partial charge in [-0.3, -0.25) is 9.59 Å². The van der Waals surface area contributed by atoms with Crippen LogP contribution >= 0.6 is 22.7 Å². The first kappa shape index (κ1) is 16.1. The maximum absolute atomic E-state index is 12.4. The first-order valence-electron chi connectivity index (χ1n) is 7.59. The molecule has 2 aromatic heterocycles. The van der Waals surface area contributed by atoms with Crippen molar-refractivity contribution < 1.29 is 9.59 Å². The van der Waals surface area contributed by atoms with Crippen LogP contribution in [-0.4, -0.2) is 40.0 Å². The van der Waals surface area contributed by atoms with Gasteiger partial charge in [0.15, 0.2) is 0 Å². The Kier molecular flexibility index (Phi) is 5.35. The Morgan fingerprint density at radius 1 is 1.39 bits per heavy atom. The minimum Gasteiger partial charge on any atom is -0.342 e. The topological polar surface area (TPSA) is 75.2 Å². The van der Waals surface area contributed by atoms with Gasteiger partial charge in [0.2, 0.25) is 16.9 Å². The normalized spacial score (nSPS) is 17.9. The molecule has 6 nitrogen and oxygen atoms in total.